The van der Waals surface area contributed by atoms with E-state index in [1.807, 2.05) is 6.92 Å². The minimum absolute atomic E-state index is 0.0933. The smallest absolute Gasteiger partial charge is 0.224 e. The molecule has 0 unspecified atom stereocenters. The Bertz CT molecular complexity index is 423. The molecule has 2 N–H and O–H groups in total. The lowest BCUT2D eigenvalue weighted by Gasteiger charge is -2.25. The Morgan fingerprint density at radius 1 is 1.39 bits per heavy atom. The Balaban J connectivity index is 2.24. The van der Waals surface area contributed by atoms with Crippen molar-refractivity contribution >= 4 is 11.6 Å². The van der Waals surface area contributed by atoms with Crippen molar-refractivity contribution in [3.8, 4) is 0 Å². The number of hydrogen-bond donors (Lipinski definition) is 2. The summed E-state index contributed by atoms with van der Waals surface area (Å²) in [4.78, 5) is 11.6. The summed E-state index contributed by atoms with van der Waals surface area (Å²) < 4.78 is 0. The highest BCUT2D eigenvalue weighted by Crippen LogP contribution is 2.31. The lowest BCUT2D eigenvalue weighted by Crippen LogP contribution is -2.27. The largest absolute Gasteiger partial charge is 0.326 e. The number of nitrogens with one attached hydrogen (secondary N) is 2. The monoisotopic (exact) mass is 246 g/mol. The van der Waals surface area contributed by atoms with Crippen LogP contribution in [0.1, 0.15) is 43.2 Å². The Hall–Kier alpha value is -1.35. The number of piperidine rings is 1. The summed E-state index contributed by atoms with van der Waals surface area (Å²) in [6, 6.07) is 6.40. The van der Waals surface area contributed by atoms with Gasteiger partial charge in [-0.3, -0.25) is 4.79 Å². The van der Waals surface area contributed by atoms with E-state index >= 15 is 0 Å². The fourth-order valence-electron chi connectivity index (χ4n) is 2.51. The van der Waals surface area contributed by atoms with Gasteiger partial charge in [0.2, 0.25) is 5.91 Å². The highest BCUT2D eigenvalue weighted by atomic mass is 16.1. The predicted octanol–water partition coefficient (Wildman–Crippen LogP) is 2.81. The molecule has 0 radical (unpaired) electrons. The van der Waals surface area contributed by atoms with E-state index in [-0.39, 0.29) is 5.91 Å². The van der Waals surface area contributed by atoms with Crippen LogP contribution >= 0.6 is 0 Å². The van der Waals surface area contributed by atoms with Crippen molar-refractivity contribution in [3.63, 3.8) is 0 Å². The Labute approximate surface area is 109 Å². The molecule has 2 rings (SSSR count). The van der Waals surface area contributed by atoms with Crippen molar-refractivity contribution in [2.75, 3.05) is 18.4 Å². The van der Waals surface area contributed by atoms with Crippen molar-refractivity contribution < 1.29 is 4.79 Å². The van der Waals surface area contributed by atoms with Crippen molar-refractivity contribution in [3.05, 3.63) is 29.3 Å². The predicted molar refractivity (Wildman–Crippen MR) is 74.9 cm³/mol. The van der Waals surface area contributed by atoms with E-state index in [0.29, 0.717) is 12.3 Å². The second-order valence-electron chi connectivity index (χ2n) is 5.02. The molecule has 1 heterocycles. The maximum atomic E-state index is 11.6. The first kappa shape index (κ1) is 13.1. The second kappa shape index (κ2) is 6.01. The van der Waals surface area contributed by atoms with Gasteiger partial charge < -0.3 is 10.6 Å². The number of carbonyl (C=O) groups excluding carboxylic acids is 1. The van der Waals surface area contributed by atoms with Crippen LogP contribution in [0.2, 0.25) is 0 Å². The molecule has 18 heavy (non-hydrogen) atoms. The second-order valence-corrected chi connectivity index (χ2v) is 5.02. The van der Waals surface area contributed by atoms with Gasteiger partial charge in [0.15, 0.2) is 0 Å². The minimum atomic E-state index is 0.0933. The molecule has 0 aromatic heterocycles. The summed E-state index contributed by atoms with van der Waals surface area (Å²) in [5.41, 5.74) is 3.50. The molecule has 3 nitrogen and oxygen atoms in total. The van der Waals surface area contributed by atoms with Crippen molar-refractivity contribution in [2.45, 2.75) is 39.0 Å². The van der Waals surface area contributed by atoms with Crippen LogP contribution < -0.4 is 10.6 Å². The summed E-state index contributed by atoms with van der Waals surface area (Å²) in [7, 11) is 0. The van der Waals surface area contributed by atoms with Crippen LogP contribution in [0.3, 0.4) is 0 Å². The number of rotatable bonds is 3. The molecule has 1 aromatic rings. The van der Waals surface area contributed by atoms with Crippen LogP contribution in [-0.4, -0.2) is 19.0 Å². The van der Waals surface area contributed by atoms with E-state index in [1.54, 1.807) is 0 Å². The van der Waals surface area contributed by atoms with Gasteiger partial charge in [-0.15, -0.1) is 0 Å². The van der Waals surface area contributed by atoms with Gasteiger partial charge in [0.1, 0.15) is 0 Å². The van der Waals surface area contributed by atoms with Gasteiger partial charge in [0.05, 0.1) is 0 Å². The number of hydrogen-bond acceptors (Lipinski definition) is 2. The molecule has 0 atom stereocenters. The van der Waals surface area contributed by atoms with E-state index in [0.717, 1.165) is 31.6 Å². The molecule has 0 bridgehead atoms. The lowest BCUT2D eigenvalue weighted by molar-refractivity contribution is -0.115. The topological polar surface area (TPSA) is 41.1 Å². The third-order valence-electron chi connectivity index (χ3n) is 3.58. The van der Waals surface area contributed by atoms with Gasteiger partial charge in [0, 0.05) is 12.1 Å². The molecule has 1 fully saturated rings. The van der Waals surface area contributed by atoms with Crippen LogP contribution in [0.15, 0.2) is 18.2 Å². The molecule has 98 valence electrons. The molecular formula is C15H22N2O. The van der Waals surface area contributed by atoms with Crippen LogP contribution in [0.4, 0.5) is 5.69 Å². The van der Waals surface area contributed by atoms with Crippen LogP contribution in [0.5, 0.6) is 0 Å². The summed E-state index contributed by atoms with van der Waals surface area (Å²) in [6.07, 6.45) is 2.83. The first-order chi connectivity index (χ1) is 8.70. The molecule has 3 heteroatoms. The highest BCUT2D eigenvalue weighted by molar-refractivity contribution is 5.91. The molecule has 0 spiro atoms. The first-order valence-electron chi connectivity index (χ1n) is 6.82. The fraction of sp³-hybridized carbons (Fsp3) is 0.533. The molecule has 0 aliphatic carbocycles. The lowest BCUT2D eigenvalue weighted by atomic mass is 9.88. The molecule has 1 saturated heterocycles. The number of carbonyl (C=O) groups is 1. The summed E-state index contributed by atoms with van der Waals surface area (Å²) in [6.45, 7) is 6.09. The zero-order valence-corrected chi connectivity index (χ0v) is 11.3. The number of benzene rings is 1. The average molecular weight is 246 g/mol. The highest BCUT2D eigenvalue weighted by Gasteiger charge is 2.18. The third-order valence-corrected chi connectivity index (χ3v) is 3.58. The minimum Gasteiger partial charge on any atom is -0.326 e. The Morgan fingerprint density at radius 2 is 2.11 bits per heavy atom. The van der Waals surface area contributed by atoms with Crippen LogP contribution in [-0.2, 0) is 4.79 Å². The van der Waals surface area contributed by atoms with Crippen LogP contribution in [0, 0.1) is 6.92 Å². The molecule has 1 aliphatic heterocycles. The van der Waals surface area contributed by atoms with Gasteiger partial charge in [-0.1, -0.05) is 19.1 Å². The summed E-state index contributed by atoms with van der Waals surface area (Å²) >= 11 is 0. The van der Waals surface area contributed by atoms with E-state index in [1.165, 1.54) is 11.1 Å². The van der Waals surface area contributed by atoms with E-state index in [2.05, 4.69) is 35.8 Å². The van der Waals surface area contributed by atoms with Gasteiger partial charge in [-0.2, -0.15) is 0 Å². The first-order valence-corrected chi connectivity index (χ1v) is 6.82. The Kier molecular flexibility index (Phi) is 4.37. The van der Waals surface area contributed by atoms with Crippen molar-refractivity contribution in [2.24, 2.45) is 0 Å². The summed E-state index contributed by atoms with van der Waals surface area (Å²) in [5, 5.41) is 6.42. The zero-order chi connectivity index (χ0) is 13.0. The molecule has 1 amide bonds. The normalized spacial score (nSPS) is 16.6. The van der Waals surface area contributed by atoms with Crippen LogP contribution in [0.25, 0.3) is 0 Å². The van der Waals surface area contributed by atoms with Gasteiger partial charge >= 0.3 is 0 Å². The third kappa shape index (κ3) is 3.10. The van der Waals surface area contributed by atoms with Gasteiger partial charge in [0.25, 0.3) is 0 Å². The van der Waals surface area contributed by atoms with Crippen molar-refractivity contribution in [1.29, 1.82) is 0 Å². The molecule has 1 aromatic carbocycles. The SMILES string of the molecule is CCC(=O)Nc1cc(C)ccc1C1CCNCC1. The number of aryl methyl sites for hydroxylation is 1. The number of anilines is 1. The van der Waals surface area contributed by atoms with E-state index in [9.17, 15) is 4.79 Å². The van der Waals surface area contributed by atoms with Gasteiger partial charge in [-0.25, -0.2) is 0 Å². The summed E-state index contributed by atoms with van der Waals surface area (Å²) in [5.74, 6) is 0.662. The molecule has 1 aliphatic rings. The van der Waals surface area contributed by atoms with Gasteiger partial charge in [-0.05, 0) is 56.0 Å². The Morgan fingerprint density at radius 3 is 2.78 bits per heavy atom. The van der Waals surface area contributed by atoms with E-state index < -0.39 is 0 Å². The van der Waals surface area contributed by atoms with E-state index in [4.69, 9.17) is 0 Å². The maximum absolute atomic E-state index is 11.6. The fourth-order valence-corrected chi connectivity index (χ4v) is 2.51. The molecular weight excluding hydrogens is 224 g/mol. The maximum Gasteiger partial charge on any atom is 0.224 e. The average Bonchev–Trinajstić information content (AvgIpc) is 2.40. The van der Waals surface area contributed by atoms with Crippen molar-refractivity contribution in [1.82, 2.24) is 5.32 Å². The standard InChI is InChI=1S/C15H22N2O/c1-3-15(18)17-14-10-11(2)4-5-13(14)12-6-8-16-9-7-12/h4-5,10,12,16H,3,6-9H2,1-2H3,(H,17,18). The quantitative estimate of drug-likeness (QED) is 0.861. The number of amides is 1. The molecule has 0 saturated carbocycles. The zero-order valence-electron chi connectivity index (χ0n) is 11.3.